The average Bonchev–Trinajstić information content (AvgIpc) is 2.60. The fraction of sp³-hybridized carbons (Fsp3) is 0.556. The summed E-state index contributed by atoms with van der Waals surface area (Å²) < 4.78 is 36.7. The monoisotopic (exact) mass is 400 g/mol. The molecular weight excluding hydrogens is 372 g/mol. The summed E-state index contributed by atoms with van der Waals surface area (Å²) in [7, 11) is -1.25. The Hall–Kier alpha value is -2.13. The lowest BCUT2D eigenvalue weighted by Gasteiger charge is -2.32. The molecule has 0 aromatic heterocycles. The van der Waals surface area contributed by atoms with Gasteiger partial charge < -0.3 is 14.4 Å². The Kier molecular flexibility index (Phi) is 7.79. The molecule has 0 bridgehead atoms. The Bertz CT molecular complexity index is 781. The molecule has 0 spiro atoms. The minimum absolute atomic E-state index is 0.00455. The van der Waals surface area contributed by atoms with E-state index in [1.54, 1.807) is 4.90 Å². The molecule has 0 radical (unpaired) electrons. The topological polar surface area (TPSA) is 102 Å². The summed E-state index contributed by atoms with van der Waals surface area (Å²) in [6.45, 7) is 9.01. The number of hydrogen-bond acceptors (Lipinski definition) is 6. The fourth-order valence-electron chi connectivity index (χ4n) is 2.72. The molecule has 9 heteroatoms. The van der Waals surface area contributed by atoms with E-state index in [1.165, 1.54) is 33.2 Å². The molecular formula is C18H28N2O6S. The molecule has 0 unspecified atom stereocenters. The van der Waals surface area contributed by atoms with Gasteiger partial charge in [-0.2, -0.15) is 0 Å². The van der Waals surface area contributed by atoms with Gasteiger partial charge in [0.05, 0.1) is 12.7 Å². The van der Waals surface area contributed by atoms with E-state index in [2.05, 4.69) is 4.72 Å². The van der Waals surface area contributed by atoms with Crippen LogP contribution >= 0.6 is 0 Å². The average molecular weight is 400 g/mol. The Morgan fingerprint density at radius 1 is 1.07 bits per heavy atom. The summed E-state index contributed by atoms with van der Waals surface area (Å²) in [5.41, 5.74) is 0.00455. The van der Waals surface area contributed by atoms with E-state index in [-0.39, 0.29) is 34.2 Å². The molecule has 0 aliphatic carbocycles. The molecule has 1 atom stereocenters. The van der Waals surface area contributed by atoms with E-state index in [1.807, 2.05) is 27.7 Å². The van der Waals surface area contributed by atoms with Crippen LogP contribution in [0.2, 0.25) is 0 Å². The van der Waals surface area contributed by atoms with Gasteiger partial charge in [0.25, 0.3) is 5.91 Å². The number of methoxy groups -OCH3 is 1. The Morgan fingerprint density at radius 2 is 1.63 bits per heavy atom. The van der Waals surface area contributed by atoms with Crippen LogP contribution in [0.1, 0.15) is 45.0 Å². The van der Waals surface area contributed by atoms with Crippen LogP contribution < -0.4 is 9.46 Å². The second-order valence-electron chi connectivity index (χ2n) is 6.55. The third-order valence-electron chi connectivity index (χ3n) is 3.96. The molecule has 0 aliphatic rings. The first-order valence-corrected chi connectivity index (χ1v) is 10.1. The SMILES string of the molecule is CNS(=O)(=O)c1cc(C(=O)O[C@H](C)C(=O)N(C(C)C)C(C)C)ccc1OC. The van der Waals surface area contributed by atoms with Gasteiger partial charge in [0, 0.05) is 12.1 Å². The molecule has 1 N–H and O–H groups in total. The van der Waals surface area contributed by atoms with Crippen molar-refractivity contribution >= 4 is 21.9 Å². The highest BCUT2D eigenvalue weighted by Crippen LogP contribution is 2.25. The molecule has 1 aromatic carbocycles. The Morgan fingerprint density at radius 3 is 2.07 bits per heavy atom. The highest BCUT2D eigenvalue weighted by atomic mass is 32.2. The minimum Gasteiger partial charge on any atom is -0.495 e. The van der Waals surface area contributed by atoms with Crippen molar-refractivity contribution in [1.29, 1.82) is 0 Å². The molecule has 8 nitrogen and oxygen atoms in total. The van der Waals surface area contributed by atoms with Gasteiger partial charge in [-0.1, -0.05) is 0 Å². The van der Waals surface area contributed by atoms with Crippen LogP contribution in [0.3, 0.4) is 0 Å². The van der Waals surface area contributed by atoms with Gasteiger partial charge >= 0.3 is 5.97 Å². The molecule has 1 amide bonds. The molecule has 0 heterocycles. The fourth-order valence-corrected chi connectivity index (χ4v) is 3.64. The number of hydrogen-bond donors (Lipinski definition) is 1. The number of esters is 1. The molecule has 1 rings (SSSR count). The van der Waals surface area contributed by atoms with Gasteiger partial charge in [0.15, 0.2) is 6.10 Å². The summed E-state index contributed by atoms with van der Waals surface area (Å²) in [5.74, 6) is -1.01. The number of amides is 1. The smallest absolute Gasteiger partial charge is 0.338 e. The molecule has 0 fully saturated rings. The lowest BCUT2D eigenvalue weighted by Crippen LogP contribution is -2.47. The second-order valence-corrected chi connectivity index (χ2v) is 8.41. The van der Waals surface area contributed by atoms with E-state index in [0.29, 0.717) is 0 Å². The highest BCUT2D eigenvalue weighted by Gasteiger charge is 2.28. The summed E-state index contributed by atoms with van der Waals surface area (Å²) in [6.07, 6.45) is -1.01. The molecule has 0 saturated carbocycles. The van der Waals surface area contributed by atoms with Crippen molar-refractivity contribution in [2.45, 2.75) is 57.7 Å². The van der Waals surface area contributed by atoms with Crippen molar-refractivity contribution in [3.05, 3.63) is 23.8 Å². The number of rotatable bonds is 8. The van der Waals surface area contributed by atoms with Crippen LogP contribution in [-0.2, 0) is 19.6 Å². The number of benzene rings is 1. The maximum absolute atomic E-state index is 12.6. The van der Waals surface area contributed by atoms with Gasteiger partial charge in [-0.3, -0.25) is 4.79 Å². The number of carbonyl (C=O) groups excluding carboxylic acids is 2. The van der Waals surface area contributed by atoms with Gasteiger partial charge in [-0.05, 0) is 59.9 Å². The zero-order valence-corrected chi connectivity index (χ0v) is 17.6. The molecule has 27 heavy (non-hydrogen) atoms. The minimum atomic E-state index is -3.84. The Labute approximate surface area is 160 Å². The Balaban J connectivity index is 3.10. The molecule has 0 aliphatic heterocycles. The zero-order valence-electron chi connectivity index (χ0n) is 16.8. The molecule has 1 aromatic rings. The lowest BCUT2D eigenvalue weighted by molar-refractivity contribution is -0.143. The predicted octanol–water partition coefficient (Wildman–Crippen LogP) is 1.79. The largest absolute Gasteiger partial charge is 0.495 e. The number of nitrogens with zero attached hydrogens (tertiary/aromatic N) is 1. The summed E-state index contributed by atoms with van der Waals surface area (Å²) in [6, 6.07) is 3.81. The first-order valence-electron chi connectivity index (χ1n) is 8.61. The van der Waals surface area contributed by atoms with Crippen molar-refractivity contribution < 1.29 is 27.5 Å². The highest BCUT2D eigenvalue weighted by molar-refractivity contribution is 7.89. The first kappa shape index (κ1) is 22.9. The quantitative estimate of drug-likeness (QED) is 0.668. The maximum Gasteiger partial charge on any atom is 0.338 e. The van der Waals surface area contributed by atoms with E-state index in [9.17, 15) is 18.0 Å². The molecule has 152 valence electrons. The summed E-state index contributed by atoms with van der Waals surface area (Å²) in [4.78, 5) is 26.5. The van der Waals surface area contributed by atoms with Crippen LogP contribution in [0, 0.1) is 0 Å². The summed E-state index contributed by atoms with van der Waals surface area (Å²) >= 11 is 0. The van der Waals surface area contributed by atoms with Crippen LogP contribution in [0.5, 0.6) is 5.75 Å². The van der Waals surface area contributed by atoms with Crippen molar-refractivity contribution in [2.75, 3.05) is 14.2 Å². The normalized spacial score (nSPS) is 12.8. The third-order valence-corrected chi connectivity index (χ3v) is 5.39. The zero-order chi connectivity index (χ0) is 20.9. The van der Waals surface area contributed by atoms with E-state index in [0.717, 1.165) is 6.07 Å². The van der Waals surface area contributed by atoms with Gasteiger partial charge in [0.1, 0.15) is 10.6 Å². The van der Waals surface area contributed by atoms with Crippen molar-refractivity contribution in [2.24, 2.45) is 0 Å². The van der Waals surface area contributed by atoms with Crippen LogP contribution in [-0.4, -0.2) is 57.5 Å². The van der Waals surface area contributed by atoms with Crippen LogP contribution in [0.4, 0.5) is 0 Å². The number of ether oxygens (including phenoxy) is 2. The summed E-state index contributed by atoms with van der Waals surface area (Å²) in [5, 5.41) is 0. The van der Waals surface area contributed by atoms with Gasteiger partial charge in [-0.15, -0.1) is 0 Å². The molecule has 0 saturated heterocycles. The lowest BCUT2D eigenvalue weighted by atomic mass is 10.2. The van der Waals surface area contributed by atoms with Crippen LogP contribution in [0.25, 0.3) is 0 Å². The number of nitrogens with one attached hydrogen (secondary N) is 1. The third kappa shape index (κ3) is 5.43. The van der Waals surface area contributed by atoms with Gasteiger partial charge in [-0.25, -0.2) is 17.9 Å². The number of sulfonamides is 1. The number of carbonyl (C=O) groups is 2. The first-order chi connectivity index (χ1) is 12.5. The van der Waals surface area contributed by atoms with Crippen molar-refractivity contribution in [3.8, 4) is 5.75 Å². The second kappa shape index (κ2) is 9.18. The predicted molar refractivity (Wildman–Crippen MR) is 101 cm³/mol. The van der Waals surface area contributed by atoms with Crippen LogP contribution in [0.15, 0.2) is 23.1 Å². The van der Waals surface area contributed by atoms with E-state index >= 15 is 0 Å². The van der Waals surface area contributed by atoms with Crippen molar-refractivity contribution in [3.63, 3.8) is 0 Å². The van der Waals surface area contributed by atoms with Crippen molar-refractivity contribution in [1.82, 2.24) is 9.62 Å². The standard InChI is InChI=1S/C18H28N2O6S/c1-11(2)20(12(3)4)17(21)13(5)26-18(22)14-8-9-15(25-7)16(10-14)27(23,24)19-6/h8-13,19H,1-7H3/t13-/m1/s1. The van der Waals surface area contributed by atoms with E-state index < -0.39 is 22.1 Å². The van der Waals surface area contributed by atoms with Gasteiger partial charge in [0.2, 0.25) is 10.0 Å². The van der Waals surface area contributed by atoms with E-state index in [4.69, 9.17) is 9.47 Å². The maximum atomic E-state index is 12.6.